The van der Waals surface area contributed by atoms with Crippen LogP contribution in [0, 0.1) is 18.3 Å². The number of fused-ring (bicyclic) bond motifs is 8. The van der Waals surface area contributed by atoms with E-state index in [1.165, 1.54) is 95.6 Å². The molecule has 0 aliphatic heterocycles. The molecule has 9 aromatic rings. The average molecular weight is 980 g/mol. The fourth-order valence-electron chi connectivity index (χ4n) is 16.8. The molecule has 9 aromatic carbocycles. The van der Waals surface area contributed by atoms with Crippen LogP contribution in [0.4, 0.5) is 17.1 Å². The van der Waals surface area contributed by atoms with E-state index in [1.807, 2.05) is 0 Å². The van der Waals surface area contributed by atoms with Gasteiger partial charge in [0.05, 0.1) is 0 Å². The summed E-state index contributed by atoms with van der Waals surface area (Å²) in [7, 11) is 0. The van der Waals surface area contributed by atoms with Gasteiger partial charge >= 0.3 is 0 Å². The van der Waals surface area contributed by atoms with Crippen molar-refractivity contribution in [1.29, 1.82) is 0 Å². The minimum Gasteiger partial charge on any atom is -0.310 e. The van der Waals surface area contributed by atoms with Crippen LogP contribution >= 0.6 is 0 Å². The van der Waals surface area contributed by atoms with E-state index in [-0.39, 0.29) is 16.2 Å². The summed E-state index contributed by atoms with van der Waals surface area (Å²) in [5, 5.41) is 0. The van der Waals surface area contributed by atoms with Crippen LogP contribution in [-0.2, 0) is 10.8 Å². The molecule has 2 spiro atoms. The fraction of sp³-hybridized carbons (Fsp3) is 0.200. The highest BCUT2D eigenvalue weighted by Crippen LogP contribution is 2.79. The van der Waals surface area contributed by atoms with Crippen molar-refractivity contribution in [3.63, 3.8) is 0 Å². The van der Waals surface area contributed by atoms with E-state index in [4.69, 9.17) is 0 Å². The van der Waals surface area contributed by atoms with Crippen LogP contribution in [0.3, 0.4) is 0 Å². The van der Waals surface area contributed by atoms with E-state index >= 15 is 0 Å². The molecule has 370 valence electrons. The summed E-state index contributed by atoms with van der Waals surface area (Å²) in [6, 6.07) is 85.8. The zero-order chi connectivity index (χ0) is 51.0. The Bertz CT molecular complexity index is 3660. The maximum Gasteiger partial charge on any atom is 0.0464 e. The number of nitrogens with zero attached hydrogens (tertiary/aromatic N) is 1. The van der Waals surface area contributed by atoms with Crippen molar-refractivity contribution in [2.75, 3.05) is 4.90 Å². The Morgan fingerprint density at radius 3 is 1.49 bits per heavy atom. The molecule has 6 atom stereocenters. The molecule has 76 heavy (non-hydrogen) atoms. The quantitative estimate of drug-likeness (QED) is 0.147. The summed E-state index contributed by atoms with van der Waals surface area (Å²) in [4.78, 5) is 2.54. The van der Waals surface area contributed by atoms with Crippen molar-refractivity contribution >= 4 is 22.6 Å². The SMILES string of the molecule is C=C/C=C1\C(=C/C)c2ccccc2C2CC13CC1CC4(CCCC(c5ccccc5-c5ccccc5C)(C2)C34)c2cc(N(c3ccc(-c4ccccc4)cc3)c3ccc(-c4ccccc4)cc3)ccc2-c2ccccc21. The Balaban J connectivity index is 1.05. The molecule has 1 heteroatoms. The molecule has 0 radical (unpaired) electrons. The van der Waals surface area contributed by atoms with Crippen molar-refractivity contribution < 1.29 is 0 Å². The van der Waals surface area contributed by atoms with E-state index in [2.05, 4.69) is 268 Å². The first kappa shape index (κ1) is 46.5. The van der Waals surface area contributed by atoms with Crippen LogP contribution in [-0.4, -0.2) is 0 Å². The maximum atomic E-state index is 4.55. The Labute approximate surface area is 450 Å². The first-order valence-corrected chi connectivity index (χ1v) is 28.0. The minimum absolute atomic E-state index is 0.147. The molecule has 0 amide bonds. The van der Waals surface area contributed by atoms with E-state index in [1.54, 1.807) is 5.56 Å². The number of allylic oxidation sites excluding steroid dienone is 5. The zero-order valence-corrected chi connectivity index (χ0v) is 43.9. The van der Waals surface area contributed by atoms with Crippen LogP contribution < -0.4 is 4.90 Å². The summed E-state index contributed by atoms with van der Waals surface area (Å²) in [5.74, 6) is 1.04. The van der Waals surface area contributed by atoms with Crippen molar-refractivity contribution in [1.82, 2.24) is 0 Å². The molecule has 0 N–H and O–H groups in total. The van der Waals surface area contributed by atoms with Gasteiger partial charge in [0, 0.05) is 33.3 Å². The van der Waals surface area contributed by atoms with Crippen LogP contribution in [0.15, 0.2) is 255 Å². The molecule has 4 bridgehead atoms. The molecule has 5 aliphatic rings. The molecule has 0 heterocycles. The van der Waals surface area contributed by atoms with Crippen LogP contribution in [0.1, 0.15) is 97.1 Å². The Kier molecular flexibility index (Phi) is 11.3. The van der Waals surface area contributed by atoms with Gasteiger partial charge in [-0.05, 0) is 196 Å². The standard InChI is InChI=1S/C75H65N/c1-4-21-69-61(5-2)65-30-16-14-28-63(65)56-47-73(70-33-19-18-32-67(70)62-27-13-12-22-51(62)3)44-20-45-74-48-57(50-75(69,49-56)72(73)74)64-29-15-17-31-66(64)68-43-42-60(46-71(68)74)76(58-38-34-54(35-39-58)52-23-8-6-9-24-52)59-40-36-55(37-41-59)53-25-10-7-11-26-53/h4-19,21-43,46,56-57,72H,1,20,44-45,47-50H2,2-3H3/b61-5-,69-21+. The molecule has 1 nitrogen and oxygen atoms in total. The van der Waals surface area contributed by atoms with Gasteiger partial charge in [0.15, 0.2) is 0 Å². The smallest absolute Gasteiger partial charge is 0.0464 e. The van der Waals surface area contributed by atoms with Gasteiger partial charge in [0.25, 0.3) is 0 Å². The number of rotatable bonds is 8. The van der Waals surface area contributed by atoms with Crippen LogP contribution in [0.2, 0.25) is 0 Å². The third-order valence-corrected chi connectivity index (χ3v) is 19.3. The molecular weight excluding hydrogens is 915 g/mol. The minimum atomic E-state index is -0.176. The van der Waals surface area contributed by atoms with E-state index < -0.39 is 0 Å². The van der Waals surface area contributed by atoms with Crippen LogP contribution in [0.25, 0.3) is 50.1 Å². The van der Waals surface area contributed by atoms with Gasteiger partial charge < -0.3 is 4.90 Å². The second-order valence-electron chi connectivity index (χ2n) is 22.9. The third-order valence-electron chi connectivity index (χ3n) is 19.3. The van der Waals surface area contributed by atoms with Crippen molar-refractivity contribution in [3.8, 4) is 44.5 Å². The molecule has 0 aromatic heterocycles. The van der Waals surface area contributed by atoms with E-state index in [0.29, 0.717) is 17.8 Å². The summed E-state index contributed by atoms with van der Waals surface area (Å²) in [5.41, 5.74) is 25.3. The number of aryl methyl sites for hydroxylation is 1. The summed E-state index contributed by atoms with van der Waals surface area (Å²) < 4.78 is 0. The second-order valence-corrected chi connectivity index (χ2v) is 22.9. The van der Waals surface area contributed by atoms with Gasteiger partial charge in [0.2, 0.25) is 0 Å². The number of anilines is 3. The predicted molar refractivity (Wildman–Crippen MR) is 320 cm³/mol. The first-order valence-electron chi connectivity index (χ1n) is 28.0. The lowest BCUT2D eigenvalue weighted by Gasteiger charge is -2.70. The zero-order valence-electron chi connectivity index (χ0n) is 43.9. The summed E-state index contributed by atoms with van der Waals surface area (Å²) >= 11 is 0. The topological polar surface area (TPSA) is 3.24 Å². The molecule has 5 aliphatic carbocycles. The highest BCUT2D eigenvalue weighted by atomic mass is 15.1. The monoisotopic (exact) mass is 980 g/mol. The second kappa shape index (κ2) is 18.4. The summed E-state index contributed by atoms with van der Waals surface area (Å²) in [6.45, 7) is 9.16. The Hall–Kier alpha value is -8.00. The number of hydrogen-bond donors (Lipinski definition) is 0. The van der Waals surface area contributed by atoms with Gasteiger partial charge in [-0.1, -0.05) is 219 Å². The third kappa shape index (κ3) is 7.11. The summed E-state index contributed by atoms with van der Waals surface area (Å²) in [6.07, 6.45) is 15.0. The van der Waals surface area contributed by atoms with Crippen molar-refractivity contribution in [3.05, 3.63) is 288 Å². The lowest BCUT2D eigenvalue weighted by atomic mass is 9.33. The van der Waals surface area contributed by atoms with Crippen molar-refractivity contribution in [2.45, 2.75) is 81.5 Å². The lowest BCUT2D eigenvalue weighted by Crippen LogP contribution is -2.65. The predicted octanol–water partition coefficient (Wildman–Crippen LogP) is 20.1. The van der Waals surface area contributed by atoms with Gasteiger partial charge in [-0.15, -0.1) is 0 Å². The highest BCUT2D eigenvalue weighted by molar-refractivity contribution is 5.87. The van der Waals surface area contributed by atoms with Crippen LogP contribution in [0.5, 0.6) is 0 Å². The van der Waals surface area contributed by atoms with E-state index in [0.717, 1.165) is 49.9 Å². The normalized spacial score (nSPS) is 24.7. The molecule has 3 saturated carbocycles. The molecule has 14 rings (SSSR count). The molecule has 0 saturated heterocycles. The maximum absolute atomic E-state index is 4.55. The van der Waals surface area contributed by atoms with Gasteiger partial charge in [-0.2, -0.15) is 0 Å². The molecule has 3 fully saturated rings. The van der Waals surface area contributed by atoms with Crippen molar-refractivity contribution in [2.24, 2.45) is 11.3 Å². The first-order chi connectivity index (χ1) is 37.4. The lowest BCUT2D eigenvalue weighted by molar-refractivity contribution is -0.0939. The molecule has 6 unspecified atom stereocenters. The fourth-order valence-corrected chi connectivity index (χ4v) is 16.8. The highest BCUT2D eigenvalue weighted by Gasteiger charge is 2.71. The van der Waals surface area contributed by atoms with Gasteiger partial charge in [-0.25, -0.2) is 0 Å². The molecular formula is C75H65N. The largest absolute Gasteiger partial charge is 0.310 e. The van der Waals surface area contributed by atoms with E-state index in [9.17, 15) is 0 Å². The average Bonchev–Trinajstić information content (AvgIpc) is 3.47. The number of hydrogen-bond acceptors (Lipinski definition) is 1. The Morgan fingerprint density at radius 2 is 0.895 bits per heavy atom. The Morgan fingerprint density at radius 1 is 0.434 bits per heavy atom. The number of benzene rings is 9. The van der Waals surface area contributed by atoms with Gasteiger partial charge in [-0.3, -0.25) is 0 Å². The van der Waals surface area contributed by atoms with Gasteiger partial charge in [0.1, 0.15) is 0 Å².